The zero-order valence-electron chi connectivity index (χ0n) is 15.5. The summed E-state index contributed by atoms with van der Waals surface area (Å²) in [6.45, 7) is 6.73. The number of hydrogen-bond donors (Lipinski definition) is 1. The van der Waals surface area contributed by atoms with Crippen molar-refractivity contribution in [2.75, 3.05) is 5.32 Å². The number of benzene rings is 1. The summed E-state index contributed by atoms with van der Waals surface area (Å²) in [5.74, 6) is 0. The van der Waals surface area contributed by atoms with E-state index < -0.39 is 0 Å². The van der Waals surface area contributed by atoms with Crippen molar-refractivity contribution in [2.45, 2.75) is 39.5 Å². The van der Waals surface area contributed by atoms with Gasteiger partial charge in [0.1, 0.15) is 0 Å². The summed E-state index contributed by atoms with van der Waals surface area (Å²) in [5.41, 5.74) is 4.61. The van der Waals surface area contributed by atoms with Crippen LogP contribution in [-0.2, 0) is 19.6 Å². The largest absolute Gasteiger partial charge is 0.383 e. The van der Waals surface area contributed by atoms with E-state index in [-0.39, 0.29) is 0 Å². The number of para-hydroxylation sites is 1. The van der Waals surface area contributed by atoms with Crippen LogP contribution < -0.4 is 5.32 Å². The molecule has 0 radical (unpaired) electrons. The summed E-state index contributed by atoms with van der Waals surface area (Å²) < 4.78 is 0. The Balaban J connectivity index is 1.81. The van der Waals surface area contributed by atoms with Crippen LogP contribution in [0.2, 0.25) is 0 Å². The van der Waals surface area contributed by atoms with Crippen LogP contribution in [0.4, 0.5) is 5.69 Å². The molecular weight excluding hydrogens is 320 g/mol. The van der Waals surface area contributed by atoms with Gasteiger partial charge in [-0.1, -0.05) is 30.3 Å². The Labute approximate surface area is 155 Å². The Hall–Kier alpha value is -2.72. The number of aromatic nitrogens is 2. The summed E-state index contributed by atoms with van der Waals surface area (Å²) in [4.78, 5) is 11.4. The molecule has 0 atom stereocenters. The Kier molecular flexibility index (Phi) is 6.34. The highest BCUT2D eigenvalue weighted by Crippen LogP contribution is 2.20. The normalized spacial score (nSPS) is 11.1. The van der Waals surface area contributed by atoms with Crippen molar-refractivity contribution in [3.8, 4) is 0 Å². The molecule has 0 spiro atoms. The molecule has 2 heterocycles. The van der Waals surface area contributed by atoms with Crippen molar-refractivity contribution < 1.29 is 0 Å². The maximum absolute atomic E-state index is 4.49. The summed E-state index contributed by atoms with van der Waals surface area (Å²) in [7, 11) is 0. The molecule has 1 N–H and O–H groups in total. The monoisotopic (exact) mass is 346 g/mol. The van der Waals surface area contributed by atoms with Gasteiger partial charge in [-0.15, -0.1) is 0 Å². The molecule has 0 saturated carbocycles. The summed E-state index contributed by atoms with van der Waals surface area (Å²) in [6.07, 6.45) is 3.70. The van der Waals surface area contributed by atoms with Crippen LogP contribution in [0.5, 0.6) is 0 Å². The molecule has 2 aromatic heterocycles. The first-order valence-electron chi connectivity index (χ1n) is 9.07. The first-order chi connectivity index (χ1) is 12.7. The average molecular weight is 346 g/mol. The van der Waals surface area contributed by atoms with Crippen molar-refractivity contribution >= 4 is 5.69 Å². The SMILES string of the molecule is CC(C)Nc1ccccc1CN(Cc1ccccn1)Cc1ccccn1. The maximum atomic E-state index is 4.49. The van der Waals surface area contributed by atoms with Gasteiger partial charge in [-0.05, 0) is 49.7 Å². The zero-order chi connectivity index (χ0) is 18.2. The molecule has 4 nitrogen and oxygen atoms in total. The third kappa shape index (κ3) is 5.39. The molecule has 0 unspecified atom stereocenters. The molecule has 0 aliphatic rings. The molecular formula is C22H26N4. The molecule has 0 saturated heterocycles. The summed E-state index contributed by atoms with van der Waals surface area (Å²) >= 11 is 0. The number of nitrogens with one attached hydrogen (secondary N) is 1. The Morgan fingerprint density at radius 1 is 0.769 bits per heavy atom. The van der Waals surface area contributed by atoms with Crippen LogP contribution in [-0.4, -0.2) is 20.9 Å². The molecule has 134 valence electrons. The van der Waals surface area contributed by atoms with E-state index in [2.05, 4.69) is 70.4 Å². The van der Waals surface area contributed by atoms with Gasteiger partial charge < -0.3 is 5.32 Å². The molecule has 4 heteroatoms. The first kappa shape index (κ1) is 18.1. The fourth-order valence-corrected chi connectivity index (χ4v) is 2.96. The molecule has 26 heavy (non-hydrogen) atoms. The molecule has 0 amide bonds. The third-order valence-electron chi connectivity index (χ3n) is 4.08. The molecule has 1 aromatic carbocycles. The fourth-order valence-electron chi connectivity index (χ4n) is 2.96. The van der Waals surface area contributed by atoms with Crippen LogP contribution in [0.15, 0.2) is 73.1 Å². The molecule has 3 rings (SSSR count). The first-order valence-corrected chi connectivity index (χ1v) is 9.07. The highest BCUT2D eigenvalue weighted by atomic mass is 15.1. The van der Waals surface area contributed by atoms with Crippen molar-refractivity contribution in [1.29, 1.82) is 0 Å². The molecule has 3 aromatic rings. The van der Waals surface area contributed by atoms with Gasteiger partial charge in [0.2, 0.25) is 0 Å². The van der Waals surface area contributed by atoms with Gasteiger partial charge >= 0.3 is 0 Å². The highest BCUT2D eigenvalue weighted by Gasteiger charge is 2.12. The van der Waals surface area contributed by atoms with Gasteiger partial charge in [-0.25, -0.2) is 0 Å². The van der Waals surface area contributed by atoms with Gasteiger partial charge in [-0.2, -0.15) is 0 Å². The van der Waals surface area contributed by atoms with Crippen LogP contribution in [0.1, 0.15) is 30.8 Å². The van der Waals surface area contributed by atoms with E-state index in [1.165, 1.54) is 11.3 Å². The lowest BCUT2D eigenvalue weighted by atomic mass is 10.1. The summed E-state index contributed by atoms with van der Waals surface area (Å²) in [5, 5.41) is 3.55. The van der Waals surface area contributed by atoms with Gasteiger partial charge in [0.25, 0.3) is 0 Å². The van der Waals surface area contributed by atoms with Crippen molar-refractivity contribution in [1.82, 2.24) is 14.9 Å². The number of rotatable bonds is 8. The quantitative estimate of drug-likeness (QED) is 0.652. The van der Waals surface area contributed by atoms with Gasteiger partial charge in [-0.3, -0.25) is 14.9 Å². The lowest BCUT2D eigenvalue weighted by Crippen LogP contribution is -2.24. The smallest absolute Gasteiger partial charge is 0.0544 e. The zero-order valence-corrected chi connectivity index (χ0v) is 15.5. The van der Waals surface area contributed by atoms with E-state index in [0.717, 1.165) is 31.0 Å². The van der Waals surface area contributed by atoms with Gasteiger partial charge in [0.05, 0.1) is 11.4 Å². The molecule has 0 fully saturated rings. The van der Waals surface area contributed by atoms with Crippen molar-refractivity contribution in [3.63, 3.8) is 0 Å². The predicted octanol–water partition coefficient (Wildman–Crippen LogP) is 4.50. The second-order valence-corrected chi connectivity index (χ2v) is 6.74. The standard InChI is InChI=1S/C22H26N4/c1-18(2)25-22-12-4-3-9-19(22)15-26(16-20-10-5-7-13-23-20)17-21-11-6-8-14-24-21/h3-14,18,25H,15-17H2,1-2H3. The Morgan fingerprint density at radius 2 is 1.35 bits per heavy atom. The van der Waals surface area contributed by atoms with Crippen LogP contribution in [0.25, 0.3) is 0 Å². The van der Waals surface area contributed by atoms with Crippen LogP contribution >= 0.6 is 0 Å². The second-order valence-electron chi connectivity index (χ2n) is 6.74. The molecule has 0 aliphatic carbocycles. The second kappa shape index (κ2) is 9.11. The lowest BCUT2D eigenvalue weighted by Gasteiger charge is -2.24. The van der Waals surface area contributed by atoms with E-state index in [1.807, 2.05) is 36.7 Å². The molecule has 0 aliphatic heterocycles. The van der Waals surface area contributed by atoms with E-state index in [1.54, 1.807) is 0 Å². The summed E-state index contributed by atoms with van der Waals surface area (Å²) in [6, 6.07) is 21.0. The van der Waals surface area contributed by atoms with E-state index in [9.17, 15) is 0 Å². The minimum absolute atomic E-state index is 0.399. The minimum Gasteiger partial charge on any atom is -0.383 e. The average Bonchev–Trinajstić information content (AvgIpc) is 2.64. The number of hydrogen-bond acceptors (Lipinski definition) is 4. The predicted molar refractivity (Wildman–Crippen MR) is 107 cm³/mol. The van der Waals surface area contributed by atoms with E-state index in [0.29, 0.717) is 6.04 Å². The topological polar surface area (TPSA) is 41.0 Å². The van der Waals surface area contributed by atoms with Crippen molar-refractivity contribution in [2.24, 2.45) is 0 Å². The fraction of sp³-hybridized carbons (Fsp3) is 0.273. The number of nitrogens with zero attached hydrogens (tertiary/aromatic N) is 3. The Bertz CT molecular complexity index is 746. The number of pyridine rings is 2. The third-order valence-corrected chi connectivity index (χ3v) is 4.08. The van der Waals surface area contributed by atoms with Gasteiger partial charge in [0.15, 0.2) is 0 Å². The van der Waals surface area contributed by atoms with Crippen molar-refractivity contribution in [3.05, 3.63) is 90.0 Å². The Morgan fingerprint density at radius 3 is 1.88 bits per heavy atom. The van der Waals surface area contributed by atoms with Crippen LogP contribution in [0.3, 0.4) is 0 Å². The van der Waals surface area contributed by atoms with E-state index >= 15 is 0 Å². The van der Waals surface area contributed by atoms with E-state index in [4.69, 9.17) is 0 Å². The highest BCUT2D eigenvalue weighted by molar-refractivity contribution is 5.51. The molecule has 0 bridgehead atoms. The number of anilines is 1. The minimum atomic E-state index is 0.399. The van der Waals surface area contributed by atoms with Gasteiger partial charge in [0, 0.05) is 43.8 Å². The maximum Gasteiger partial charge on any atom is 0.0544 e. The lowest BCUT2D eigenvalue weighted by molar-refractivity contribution is 0.242. The van der Waals surface area contributed by atoms with Crippen LogP contribution in [0, 0.1) is 0 Å².